The summed E-state index contributed by atoms with van der Waals surface area (Å²) in [6, 6.07) is 5.79. The molecule has 1 heterocycles. The molecule has 2 rings (SSSR count). The van der Waals surface area contributed by atoms with Crippen molar-refractivity contribution in [1.29, 1.82) is 0 Å². The number of aromatic nitrogens is 3. The lowest BCUT2D eigenvalue weighted by Crippen LogP contribution is -2.01. The van der Waals surface area contributed by atoms with Crippen molar-refractivity contribution in [1.82, 2.24) is 15.0 Å². The molecule has 0 amide bonds. The van der Waals surface area contributed by atoms with E-state index in [4.69, 9.17) is 0 Å². The van der Waals surface area contributed by atoms with Gasteiger partial charge in [0.05, 0.1) is 11.9 Å². The van der Waals surface area contributed by atoms with Gasteiger partial charge >= 0.3 is 0 Å². The first-order chi connectivity index (χ1) is 6.81. The molecule has 0 saturated carbocycles. The predicted molar refractivity (Wildman–Crippen MR) is 46.7 cm³/mol. The van der Waals surface area contributed by atoms with Crippen LogP contribution in [0.4, 0.5) is 4.39 Å². The van der Waals surface area contributed by atoms with Gasteiger partial charge in [0.1, 0.15) is 11.5 Å². The summed E-state index contributed by atoms with van der Waals surface area (Å²) >= 11 is 0. The molecule has 5 heteroatoms. The maximum absolute atomic E-state index is 12.8. The van der Waals surface area contributed by atoms with E-state index >= 15 is 0 Å². The summed E-state index contributed by atoms with van der Waals surface area (Å²) in [6.45, 7) is 0. The van der Waals surface area contributed by atoms with E-state index in [9.17, 15) is 9.18 Å². The number of carbonyl (C=O) groups is 1. The summed E-state index contributed by atoms with van der Waals surface area (Å²) in [5.41, 5.74) is 0.764. The maximum Gasteiger partial charge on any atom is 0.170 e. The van der Waals surface area contributed by atoms with E-state index in [1.165, 1.54) is 23.0 Å². The van der Waals surface area contributed by atoms with Gasteiger partial charge in [-0.25, -0.2) is 9.07 Å². The Bertz CT molecular complexity index is 467. The van der Waals surface area contributed by atoms with E-state index in [-0.39, 0.29) is 11.5 Å². The van der Waals surface area contributed by atoms with Crippen molar-refractivity contribution >= 4 is 6.29 Å². The Kier molecular flexibility index (Phi) is 2.06. The Morgan fingerprint density at radius 3 is 3.00 bits per heavy atom. The highest BCUT2D eigenvalue weighted by Crippen LogP contribution is 2.09. The molecule has 0 saturated heterocycles. The van der Waals surface area contributed by atoms with Gasteiger partial charge < -0.3 is 0 Å². The van der Waals surface area contributed by atoms with Crippen LogP contribution in [0, 0.1) is 5.82 Å². The van der Waals surface area contributed by atoms with Crippen LogP contribution in [0.3, 0.4) is 0 Å². The quantitative estimate of drug-likeness (QED) is 0.670. The van der Waals surface area contributed by atoms with Crippen molar-refractivity contribution in [3.63, 3.8) is 0 Å². The first kappa shape index (κ1) is 8.55. The van der Waals surface area contributed by atoms with Gasteiger partial charge in [-0.15, -0.1) is 5.10 Å². The molecule has 2 aromatic rings. The van der Waals surface area contributed by atoms with Crippen molar-refractivity contribution in [3.05, 3.63) is 42.0 Å². The minimum absolute atomic E-state index is 0.288. The van der Waals surface area contributed by atoms with E-state index in [0.717, 1.165) is 0 Å². The number of hydrogen-bond donors (Lipinski definition) is 0. The minimum Gasteiger partial charge on any atom is -0.296 e. The van der Waals surface area contributed by atoms with Gasteiger partial charge in [0.2, 0.25) is 0 Å². The molecule has 0 unspecified atom stereocenters. The number of benzene rings is 1. The van der Waals surface area contributed by atoms with Gasteiger partial charge in [0.15, 0.2) is 6.29 Å². The molecule has 14 heavy (non-hydrogen) atoms. The fraction of sp³-hybridized carbons (Fsp3) is 0. The summed E-state index contributed by atoms with van der Waals surface area (Å²) in [5.74, 6) is -0.380. The van der Waals surface area contributed by atoms with Crippen molar-refractivity contribution in [3.8, 4) is 5.69 Å². The van der Waals surface area contributed by atoms with Crippen molar-refractivity contribution in [2.45, 2.75) is 0 Å². The smallest absolute Gasteiger partial charge is 0.170 e. The van der Waals surface area contributed by atoms with Gasteiger partial charge in [-0.05, 0) is 18.2 Å². The van der Waals surface area contributed by atoms with E-state index < -0.39 is 0 Å². The van der Waals surface area contributed by atoms with Crippen LogP contribution in [0.1, 0.15) is 10.5 Å². The zero-order chi connectivity index (χ0) is 9.97. The number of carbonyl (C=O) groups excluding carboxylic acids is 1. The molecular formula is C9H6FN3O. The normalized spacial score (nSPS) is 10.1. The van der Waals surface area contributed by atoms with Gasteiger partial charge in [-0.3, -0.25) is 4.79 Å². The van der Waals surface area contributed by atoms with Crippen LogP contribution in [-0.2, 0) is 0 Å². The molecule has 70 valence electrons. The Balaban J connectivity index is 2.54. The second kappa shape index (κ2) is 3.37. The molecule has 0 atom stereocenters. The molecular weight excluding hydrogens is 185 g/mol. The van der Waals surface area contributed by atoms with E-state index in [1.54, 1.807) is 12.1 Å². The summed E-state index contributed by atoms with van der Waals surface area (Å²) in [7, 11) is 0. The summed E-state index contributed by atoms with van der Waals surface area (Å²) in [4.78, 5) is 10.6. The topological polar surface area (TPSA) is 47.8 Å². The maximum atomic E-state index is 12.8. The fourth-order valence-corrected chi connectivity index (χ4v) is 1.13. The zero-order valence-electron chi connectivity index (χ0n) is 7.09. The molecule has 1 aromatic heterocycles. The molecule has 1 aromatic carbocycles. The molecule has 4 nitrogen and oxygen atoms in total. The lowest BCUT2D eigenvalue weighted by molar-refractivity contribution is 0.111. The van der Waals surface area contributed by atoms with Crippen LogP contribution in [0.5, 0.6) is 0 Å². The summed E-state index contributed by atoms with van der Waals surface area (Å²) in [6.07, 6.45) is 1.93. The van der Waals surface area contributed by atoms with E-state index in [2.05, 4.69) is 10.3 Å². The SMILES string of the molecule is O=Cc1cnnn1-c1cccc(F)c1. The van der Waals surface area contributed by atoms with Crippen LogP contribution in [0.15, 0.2) is 30.5 Å². The van der Waals surface area contributed by atoms with Gasteiger partial charge in [0.25, 0.3) is 0 Å². The number of halogens is 1. The lowest BCUT2D eigenvalue weighted by Gasteiger charge is -2.00. The molecule has 0 aliphatic rings. The third-order valence-corrected chi connectivity index (χ3v) is 1.75. The average molecular weight is 191 g/mol. The Morgan fingerprint density at radius 1 is 1.43 bits per heavy atom. The van der Waals surface area contributed by atoms with Gasteiger partial charge in [0, 0.05) is 0 Å². The van der Waals surface area contributed by atoms with Crippen LogP contribution in [0.2, 0.25) is 0 Å². The zero-order valence-corrected chi connectivity index (χ0v) is 7.09. The molecule has 0 spiro atoms. The predicted octanol–water partition coefficient (Wildman–Crippen LogP) is 1.22. The summed E-state index contributed by atoms with van der Waals surface area (Å²) < 4.78 is 14.1. The molecule has 0 aliphatic heterocycles. The minimum atomic E-state index is -0.380. The molecule has 0 fully saturated rings. The number of aldehydes is 1. The molecule has 0 bridgehead atoms. The Morgan fingerprint density at radius 2 is 2.29 bits per heavy atom. The first-order valence-corrected chi connectivity index (χ1v) is 3.93. The van der Waals surface area contributed by atoms with Gasteiger partial charge in [-0.1, -0.05) is 11.3 Å². The first-order valence-electron chi connectivity index (χ1n) is 3.93. The highest BCUT2D eigenvalue weighted by atomic mass is 19.1. The highest BCUT2D eigenvalue weighted by molar-refractivity contribution is 5.72. The fourth-order valence-electron chi connectivity index (χ4n) is 1.13. The highest BCUT2D eigenvalue weighted by Gasteiger charge is 2.04. The second-order valence-corrected chi connectivity index (χ2v) is 2.67. The third kappa shape index (κ3) is 1.39. The number of rotatable bonds is 2. The van der Waals surface area contributed by atoms with Gasteiger partial charge in [-0.2, -0.15) is 0 Å². The largest absolute Gasteiger partial charge is 0.296 e. The third-order valence-electron chi connectivity index (χ3n) is 1.75. The lowest BCUT2D eigenvalue weighted by atomic mass is 10.3. The molecule has 0 N–H and O–H groups in total. The van der Waals surface area contributed by atoms with Crippen LogP contribution in [-0.4, -0.2) is 21.3 Å². The van der Waals surface area contributed by atoms with E-state index in [0.29, 0.717) is 12.0 Å². The molecule has 0 radical (unpaired) electrons. The summed E-state index contributed by atoms with van der Waals surface area (Å²) in [5, 5.41) is 7.23. The number of hydrogen-bond acceptors (Lipinski definition) is 3. The Labute approximate surface area is 79.0 Å². The standard InChI is InChI=1S/C9H6FN3O/c10-7-2-1-3-8(4-7)13-9(6-14)5-11-12-13/h1-6H. The van der Waals surface area contributed by atoms with Crippen LogP contribution >= 0.6 is 0 Å². The Hall–Kier alpha value is -2.04. The molecule has 0 aliphatic carbocycles. The van der Waals surface area contributed by atoms with E-state index in [1.807, 2.05) is 0 Å². The van der Waals surface area contributed by atoms with Crippen molar-refractivity contribution in [2.24, 2.45) is 0 Å². The van der Waals surface area contributed by atoms with Crippen molar-refractivity contribution < 1.29 is 9.18 Å². The monoisotopic (exact) mass is 191 g/mol. The van der Waals surface area contributed by atoms with Crippen LogP contribution in [0.25, 0.3) is 5.69 Å². The van der Waals surface area contributed by atoms with Crippen LogP contribution < -0.4 is 0 Å². The second-order valence-electron chi connectivity index (χ2n) is 2.67. The van der Waals surface area contributed by atoms with Crippen molar-refractivity contribution in [2.75, 3.05) is 0 Å². The number of nitrogens with zero attached hydrogens (tertiary/aromatic N) is 3. The average Bonchev–Trinajstić information content (AvgIpc) is 2.65.